The highest BCUT2D eigenvalue weighted by atomic mass is 16.5. The van der Waals surface area contributed by atoms with Gasteiger partial charge in [-0.25, -0.2) is 0 Å². The highest BCUT2D eigenvalue weighted by Gasteiger charge is 2.23. The smallest absolute Gasteiger partial charge is 0.115 e. The normalized spacial score (nSPS) is 16.8. The lowest BCUT2D eigenvalue weighted by Crippen LogP contribution is -2.26. The van der Waals surface area contributed by atoms with Crippen LogP contribution in [0.1, 0.15) is 37.2 Å². The van der Waals surface area contributed by atoms with E-state index in [2.05, 4.69) is 29.5 Å². The Kier molecular flexibility index (Phi) is 3.84. The van der Waals surface area contributed by atoms with Crippen molar-refractivity contribution in [2.24, 2.45) is 7.05 Å². The summed E-state index contributed by atoms with van der Waals surface area (Å²) in [5.74, 6) is 1.04. The maximum atomic E-state index is 5.69. The molecule has 1 N–H and O–H groups in total. The first kappa shape index (κ1) is 12.2. The molecule has 1 aromatic rings. The molecular weight excluding hydrogens is 214 g/mol. The van der Waals surface area contributed by atoms with Crippen LogP contribution in [-0.2, 0) is 11.8 Å². The zero-order chi connectivity index (χ0) is 12.3. The Hall–Kier alpha value is -1.29. The van der Waals surface area contributed by atoms with Crippen LogP contribution in [0.3, 0.4) is 0 Å². The third kappa shape index (κ3) is 2.69. The number of hydrogen-bond donors (Lipinski definition) is 1. The minimum absolute atomic E-state index is 0.142. The number of aryl methyl sites for hydroxylation is 2. The van der Waals surface area contributed by atoms with Gasteiger partial charge in [-0.15, -0.1) is 0 Å². The van der Waals surface area contributed by atoms with Crippen molar-refractivity contribution < 1.29 is 4.74 Å². The Labute approximate surface area is 103 Å². The van der Waals surface area contributed by atoms with Crippen LogP contribution in [0.25, 0.3) is 0 Å². The summed E-state index contributed by atoms with van der Waals surface area (Å²) >= 11 is 0. The van der Waals surface area contributed by atoms with Crippen LogP contribution in [0.4, 0.5) is 0 Å². The van der Waals surface area contributed by atoms with Crippen LogP contribution in [0.2, 0.25) is 0 Å². The van der Waals surface area contributed by atoms with Gasteiger partial charge in [-0.3, -0.25) is 4.68 Å². The van der Waals surface area contributed by atoms with E-state index in [1.807, 2.05) is 18.7 Å². The molecule has 0 fully saturated rings. The van der Waals surface area contributed by atoms with Gasteiger partial charge in [-0.1, -0.05) is 6.92 Å². The first-order valence-corrected chi connectivity index (χ1v) is 6.29. The molecule has 1 unspecified atom stereocenters. The first-order valence-electron chi connectivity index (χ1n) is 6.29. The van der Waals surface area contributed by atoms with Crippen molar-refractivity contribution >= 4 is 0 Å². The summed E-state index contributed by atoms with van der Waals surface area (Å²) in [7, 11) is 1.98. The highest BCUT2D eigenvalue weighted by Crippen LogP contribution is 2.26. The Balaban J connectivity index is 2.22. The largest absolute Gasteiger partial charge is 0.496 e. The van der Waals surface area contributed by atoms with Crippen LogP contribution in [0.15, 0.2) is 17.9 Å². The van der Waals surface area contributed by atoms with Gasteiger partial charge in [0.05, 0.1) is 18.0 Å². The molecule has 0 saturated heterocycles. The van der Waals surface area contributed by atoms with Gasteiger partial charge < -0.3 is 10.1 Å². The van der Waals surface area contributed by atoms with Crippen LogP contribution in [0.5, 0.6) is 0 Å². The second-order valence-corrected chi connectivity index (χ2v) is 4.46. The molecule has 4 nitrogen and oxygen atoms in total. The van der Waals surface area contributed by atoms with E-state index in [1.54, 1.807) is 0 Å². The van der Waals surface area contributed by atoms with E-state index in [0.29, 0.717) is 0 Å². The van der Waals surface area contributed by atoms with Gasteiger partial charge in [0.1, 0.15) is 11.8 Å². The minimum atomic E-state index is 0.142. The molecule has 17 heavy (non-hydrogen) atoms. The van der Waals surface area contributed by atoms with Gasteiger partial charge in [-0.05, 0) is 32.0 Å². The monoisotopic (exact) mass is 235 g/mol. The Morgan fingerprint density at radius 2 is 2.41 bits per heavy atom. The molecule has 0 aliphatic carbocycles. The highest BCUT2D eigenvalue weighted by molar-refractivity contribution is 5.22. The third-order valence-electron chi connectivity index (χ3n) is 2.95. The molecule has 0 bridgehead atoms. The van der Waals surface area contributed by atoms with Crippen molar-refractivity contribution in [3.63, 3.8) is 0 Å². The van der Waals surface area contributed by atoms with Crippen molar-refractivity contribution in [3.8, 4) is 0 Å². The summed E-state index contributed by atoms with van der Waals surface area (Å²) in [5.41, 5.74) is 2.22. The zero-order valence-electron chi connectivity index (χ0n) is 10.9. The number of nitrogens with one attached hydrogen (secondary N) is 1. The van der Waals surface area contributed by atoms with Gasteiger partial charge in [0.15, 0.2) is 0 Å². The molecule has 0 saturated carbocycles. The molecule has 0 spiro atoms. The molecule has 94 valence electrons. The molecule has 0 radical (unpaired) electrons. The van der Waals surface area contributed by atoms with Gasteiger partial charge in [0.25, 0.3) is 0 Å². The van der Waals surface area contributed by atoms with E-state index < -0.39 is 0 Å². The molecule has 1 aliphatic heterocycles. The van der Waals surface area contributed by atoms with E-state index >= 15 is 0 Å². The van der Waals surface area contributed by atoms with E-state index in [9.17, 15) is 0 Å². The number of ether oxygens (including phenoxy) is 1. The summed E-state index contributed by atoms with van der Waals surface area (Å²) in [6, 6.07) is 2.26. The molecule has 1 aliphatic rings. The van der Waals surface area contributed by atoms with Crippen molar-refractivity contribution in [3.05, 3.63) is 29.3 Å². The molecule has 2 rings (SSSR count). The van der Waals surface area contributed by atoms with E-state index in [-0.39, 0.29) is 6.04 Å². The van der Waals surface area contributed by atoms with Crippen LogP contribution >= 0.6 is 0 Å². The fourth-order valence-electron chi connectivity index (χ4n) is 2.18. The predicted molar refractivity (Wildman–Crippen MR) is 67.6 cm³/mol. The molecule has 4 heteroatoms. The maximum absolute atomic E-state index is 5.69. The molecule has 1 atom stereocenters. The SMILES string of the molecule is CCCNC(C1=CCCO1)c1cc(C)nn1C. The van der Waals surface area contributed by atoms with Crippen LogP contribution in [0, 0.1) is 6.92 Å². The number of hydrogen-bond acceptors (Lipinski definition) is 3. The van der Waals surface area contributed by atoms with Gasteiger partial charge in [-0.2, -0.15) is 5.10 Å². The lowest BCUT2D eigenvalue weighted by Gasteiger charge is -2.19. The predicted octanol–water partition coefficient (Wildman–Crippen LogP) is 2.07. The zero-order valence-corrected chi connectivity index (χ0v) is 10.9. The number of nitrogens with zero attached hydrogens (tertiary/aromatic N) is 2. The summed E-state index contributed by atoms with van der Waals surface area (Å²) in [5, 5.41) is 7.93. The maximum Gasteiger partial charge on any atom is 0.115 e. The third-order valence-corrected chi connectivity index (χ3v) is 2.95. The second-order valence-electron chi connectivity index (χ2n) is 4.46. The quantitative estimate of drug-likeness (QED) is 0.849. The lowest BCUT2D eigenvalue weighted by atomic mass is 10.1. The Morgan fingerprint density at radius 3 is 2.94 bits per heavy atom. The number of rotatable bonds is 5. The van der Waals surface area contributed by atoms with Crippen LogP contribution in [-0.4, -0.2) is 22.9 Å². The standard InChI is InChI=1S/C13H21N3O/c1-4-7-14-13(12-6-5-8-17-12)11-9-10(2)15-16(11)3/h6,9,13-14H,4-5,7-8H2,1-3H3. The van der Waals surface area contributed by atoms with Crippen molar-refractivity contribution in [1.82, 2.24) is 15.1 Å². The molecule has 2 heterocycles. The molecule has 1 aromatic heterocycles. The first-order chi connectivity index (χ1) is 8.22. The average Bonchev–Trinajstić information content (AvgIpc) is 2.90. The summed E-state index contributed by atoms with van der Waals surface area (Å²) < 4.78 is 7.62. The van der Waals surface area contributed by atoms with Gasteiger partial charge in [0, 0.05) is 13.5 Å². The van der Waals surface area contributed by atoms with Crippen molar-refractivity contribution in [2.75, 3.05) is 13.2 Å². The molecule has 0 aromatic carbocycles. The molecule has 0 amide bonds. The van der Waals surface area contributed by atoms with Gasteiger partial charge in [0.2, 0.25) is 0 Å². The second kappa shape index (κ2) is 5.36. The Morgan fingerprint density at radius 1 is 1.59 bits per heavy atom. The van der Waals surface area contributed by atoms with Crippen molar-refractivity contribution in [2.45, 2.75) is 32.7 Å². The Bertz CT molecular complexity index is 409. The van der Waals surface area contributed by atoms with E-state index in [4.69, 9.17) is 4.74 Å². The topological polar surface area (TPSA) is 39.1 Å². The summed E-state index contributed by atoms with van der Waals surface area (Å²) in [4.78, 5) is 0. The summed E-state index contributed by atoms with van der Waals surface area (Å²) in [6.07, 6.45) is 4.30. The van der Waals surface area contributed by atoms with Crippen LogP contribution < -0.4 is 5.32 Å². The van der Waals surface area contributed by atoms with Crippen molar-refractivity contribution in [1.29, 1.82) is 0 Å². The fourth-order valence-corrected chi connectivity index (χ4v) is 2.18. The van der Waals surface area contributed by atoms with E-state index in [0.717, 1.165) is 37.4 Å². The minimum Gasteiger partial charge on any atom is -0.496 e. The molecular formula is C13H21N3O. The van der Waals surface area contributed by atoms with E-state index in [1.165, 1.54) is 5.69 Å². The lowest BCUT2D eigenvalue weighted by molar-refractivity contribution is 0.213. The fraction of sp³-hybridized carbons (Fsp3) is 0.615. The number of aromatic nitrogens is 2. The van der Waals surface area contributed by atoms with Gasteiger partial charge >= 0.3 is 0 Å². The average molecular weight is 235 g/mol. The summed E-state index contributed by atoms with van der Waals surface area (Å²) in [6.45, 7) is 5.97.